The van der Waals surface area contributed by atoms with Crippen LogP contribution in [0, 0.1) is 23.7 Å². The standard InChI is InChI=1S/C12H11N5O/c1-7-5-8-3-2-4-9(11(8)18-7)16-17-10(6-13)12(14)15/h2-5,16H,1H3,(H3,14,15)/b17-10+. The molecule has 0 saturated heterocycles. The van der Waals surface area contributed by atoms with Crippen molar-refractivity contribution >= 4 is 28.2 Å². The summed E-state index contributed by atoms with van der Waals surface area (Å²) in [4.78, 5) is 0. The molecule has 0 atom stereocenters. The zero-order chi connectivity index (χ0) is 13.1. The minimum Gasteiger partial charge on any atom is -0.459 e. The number of amidine groups is 1. The SMILES string of the molecule is Cc1cc2cccc(N/N=C(\C#N)C(=N)N)c2o1. The van der Waals surface area contributed by atoms with Crippen LogP contribution in [0.4, 0.5) is 5.69 Å². The van der Waals surface area contributed by atoms with E-state index in [1.807, 2.05) is 25.1 Å². The molecule has 4 N–H and O–H groups in total. The lowest BCUT2D eigenvalue weighted by Gasteiger charge is -2.01. The Labute approximate surface area is 103 Å². The van der Waals surface area contributed by atoms with Gasteiger partial charge < -0.3 is 10.2 Å². The van der Waals surface area contributed by atoms with Gasteiger partial charge in [0.05, 0.1) is 5.69 Å². The van der Waals surface area contributed by atoms with Gasteiger partial charge in [-0.1, -0.05) is 12.1 Å². The topological polar surface area (TPSA) is 111 Å². The van der Waals surface area contributed by atoms with Crippen LogP contribution < -0.4 is 11.2 Å². The van der Waals surface area contributed by atoms with Gasteiger partial charge in [0.15, 0.2) is 11.4 Å². The Morgan fingerprint density at radius 1 is 1.56 bits per heavy atom. The first kappa shape index (κ1) is 11.7. The lowest BCUT2D eigenvalue weighted by atomic mass is 10.2. The summed E-state index contributed by atoms with van der Waals surface area (Å²) >= 11 is 0. The largest absolute Gasteiger partial charge is 0.459 e. The predicted molar refractivity (Wildman–Crippen MR) is 69.5 cm³/mol. The lowest BCUT2D eigenvalue weighted by molar-refractivity contribution is 0.579. The van der Waals surface area contributed by atoms with Gasteiger partial charge in [0, 0.05) is 5.39 Å². The van der Waals surface area contributed by atoms with Crippen molar-refractivity contribution in [2.75, 3.05) is 5.43 Å². The van der Waals surface area contributed by atoms with Crippen molar-refractivity contribution < 1.29 is 4.42 Å². The van der Waals surface area contributed by atoms with E-state index in [4.69, 9.17) is 20.8 Å². The molecule has 18 heavy (non-hydrogen) atoms. The highest BCUT2D eigenvalue weighted by molar-refractivity contribution is 6.45. The molecule has 0 saturated carbocycles. The Bertz CT molecular complexity index is 677. The van der Waals surface area contributed by atoms with Gasteiger partial charge in [-0.2, -0.15) is 10.4 Å². The van der Waals surface area contributed by atoms with Gasteiger partial charge in [-0.3, -0.25) is 10.8 Å². The van der Waals surface area contributed by atoms with Crippen LogP contribution in [-0.2, 0) is 0 Å². The number of nitriles is 1. The van der Waals surface area contributed by atoms with Gasteiger partial charge in [-0.25, -0.2) is 0 Å². The highest BCUT2D eigenvalue weighted by Crippen LogP contribution is 2.26. The van der Waals surface area contributed by atoms with E-state index in [0.717, 1.165) is 11.1 Å². The number of benzene rings is 1. The maximum Gasteiger partial charge on any atom is 0.201 e. The molecule has 0 aliphatic heterocycles. The molecule has 1 aromatic carbocycles. The molecule has 0 spiro atoms. The maximum absolute atomic E-state index is 8.73. The molecular weight excluding hydrogens is 230 g/mol. The molecule has 6 nitrogen and oxygen atoms in total. The predicted octanol–water partition coefficient (Wildman–Crippen LogP) is 1.97. The average molecular weight is 241 g/mol. The highest BCUT2D eigenvalue weighted by Gasteiger charge is 2.06. The highest BCUT2D eigenvalue weighted by atomic mass is 16.3. The molecule has 1 aromatic heterocycles. The first-order valence-electron chi connectivity index (χ1n) is 5.19. The van der Waals surface area contributed by atoms with E-state index in [1.165, 1.54) is 0 Å². The van der Waals surface area contributed by atoms with Gasteiger partial charge in [0.1, 0.15) is 11.8 Å². The molecule has 1 heterocycles. The number of anilines is 1. The van der Waals surface area contributed by atoms with E-state index < -0.39 is 0 Å². The number of furan rings is 1. The number of hydrogen-bond donors (Lipinski definition) is 3. The van der Waals surface area contributed by atoms with Crippen molar-refractivity contribution in [3.05, 3.63) is 30.0 Å². The van der Waals surface area contributed by atoms with E-state index in [-0.39, 0.29) is 11.5 Å². The molecule has 0 amide bonds. The van der Waals surface area contributed by atoms with Gasteiger partial charge in [-0.05, 0) is 19.1 Å². The smallest absolute Gasteiger partial charge is 0.201 e. The fraction of sp³-hybridized carbons (Fsp3) is 0.0833. The summed E-state index contributed by atoms with van der Waals surface area (Å²) in [6.45, 7) is 1.85. The van der Waals surface area contributed by atoms with Crippen LogP contribution in [0.1, 0.15) is 5.76 Å². The average Bonchev–Trinajstić information content (AvgIpc) is 2.70. The molecule has 6 heteroatoms. The van der Waals surface area contributed by atoms with Crippen molar-refractivity contribution in [3.8, 4) is 6.07 Å². The zero-order valence-corrected chi connectivity index (χ0v) is 9.69. The normalized spacial score (nSPS) is 11.2. The maximum atomic E-state index is 8.73. The van der Waals surface area contributed by atoms with Crippen molar-refractivity contribution in [1.82, 2.24) is 0 Å². The Hall–Kier alpha value is -2.81. The third-order valence-electron chi connectivity index (χ3n) is 2.32. The Morgan fingerprint density at radius 2 is 2.33 bits per heavy atom. The summed E-state index contributed by atoms with van der Waals surface area (Å²) in [5, 5.41) is 20.6. The molecule has 0 aliphatic rings. The molecule has 2 rings (SSSR count). The fourth-order valence-corrected chi connectivity index (χ4v) is 1.54. The molecule has 0 bridgehead atoms. The zero-order valence-electron chi connectivity index (χ0n) is 9.69. The van der Waals surface area contributed by atoms with Crippen molar-refractivity contribution in [2.45, 2.75) is 6.92 Å². The molecule has 0 radical (unpaired) electrons. The minimum absolute atomic E-state index is 0.171. The summed E-state index contributed by atoms with van der Waals surface area (Å²) < 4.78 is 5.53. The fourth-order valence-electron chi connectivity index (χ4n) is 1.54. The van der Waals surface area contributed by atoms with Crippen molar-refractivity contribution in [1.29, 1.82) is 10.7 Å². The quantitative estimate of drug-likeness (QED) is 0.433. The van der Waals surface area contributed by atoms with E-state index >= 15 is 0 Å². The van der Waals surface area contributed by atoms with E-state index in [0.29, 0.717) is 11.3 Å². The van der Waals surface area contributed by atoms with Crippen molar-refractivity contribution in [3.63, 3.8) is 0 Å². The number of hydrogen-bond acceptors (Lipinski definition) is 5. The van der Waals surface area contributed by atoms with Crippen LogP contribution >= 0.6 is 0 Å². The first-order chi connectivity index (χ1) is 8.61. The summed E-state index contributed by atoms with van der Waals surface area (Å²) in [6.07, 6.45) is 0. The molecule has 0 fully saturated rings. The number of nitrogens with one attached hydrogen (secondary N) is 2. The Kier molecular flexibility index (Phi) is 2.98. The second kappa shape index (κ2) is 4.59. The van der Waals surface area contributed by atoms with E-state index in [9.17, 15) is 0 Å². The summed E-state index contributed by atoms with van der Waals surface area (Å²) in [5.74, 6) is 0.406. The van der Waals surface area contributed by atoms with Gasteiger partial charge >= 0.3 is 0 Å². The molecule has 90 valence electrons. The number of rotatable bonds is 3. The second-order valence-electron chi connectivity index (χ2n) is 3.68. The minimum atomic E-state index is -0.382. The van der Waals surface area contributed by atoms with Crippen LogP contribution in [-0.4, -0.2) is 11.5 Å². The number of aryl methyl sites for hydroxylation is 1. The van der Waals surface area contributed by atoms with Crippen LogP contribution in [0.2, 0.25) is 0 Å². The molecule has 0 unspecified atom stereocenters. The van der Waals surface area contributed by atoms with E-state index in [1.54, 1.807) is 12.1 Å². The monoisotopic (exact) mass is 241 g/mol. The summed E-state index contributed by atoms with van der Waals surface area (Å²) in [6, 6.07) is 9.16. The van der Waals surface area contributed by atoms with Gasteiger partial charge in [-0.15, -0.1) is 0 Å². The van der Waals surface area contributed by atoms with Gasteiger partial charge in [0.25, 0.3) is 0 Å². The Balaban J connectivity index is 2.38. The third-order valence-corrected chi connectivity index (χ3v) is 2.32. The van der Waals surface area contributed by atoms with Gasteiger partial charge in [0.2, 0.25) is 5.71 Å². The van der Waals surface area contributed by atoms with Crippen LogP contribution in [0.5, 0.6) is 0 Å². The molecular formula is C12H11N5O. The number of hydrazone groups is 1. The molecule has 2 aromatic rings. The van der Waals surface area contributed by atoms with Crippen LogP contribution in [0.3, 0.4) is 0 Å². The van der Waals surface area contributed by atoms with Crippen LogP contribution in [0.25, 0.3) is 11.0 Å². The number of fused-ring (bicyclic) bond motifs is 1. The summed E-state index contributed by atoms with van der Waals surface area (Å²) in [5.41, 5.74) is 8.98. The number of nitrogens with zero attached hydrogens (tertiary/aromatic N) is 2. The lowest BCUT2D eigenvalue weighted by Crippen LogP contribution is -2.21. The number of para-hydroxylation sites is 1. The summed E-state index contributed by atoms with van der Waals surface area (Å²) in [7, 11) is 0. The molecule has 0 aliphatic carbocycles. The Morgan fingerprint density at radius 3 is 3.00 bits per heavy atom. The van der Waals surface area contributed by atoms with E-state index in [2.05, 4.69) is 10.5 Å². The first-order valence-corrected chi connectivity index (χ1v) is 5.19. The van der Waals surface area contributed by atoms with Crippen LogP contribution in [0.15, 0.2) is 33.8 Å². The van der Waals surface area contributed by atoms with Crippen molar-refractivity contribution in [2.24, 2.45) is 10.8 Å². The number of nitrogens with two attached hydrogens (primary N) is 1. The third kappa shape index (κ3) is 2.15. The second-order valence-corrected chi connectivity index (χ2v) is 3.68.